The van der Waals surface area contributed by atoms with Crippen LogP contribution in [0.4, 0.5) is 0 Å². The summed E-state index contributed by atoms with van der Waals surface area (Å²) in [7, 11) is 0. The standard InChI is InChI=1S/C19H22Br2N4O4/c20-11-19(12-21,13-28-15-24-5-1-17(2-6-24)9-22-26)14-29-16-25-7-3-18(4-8-25)10-23-27/h1-10H,11-16H2/p+2. The molecule has 2 N–H and O–H groups in total. The molecule has 2 rings (SSSR count). The molecule has 29 heavy (non-hydrogen) atoms. The van der Waals surface area contributed by atoms with E-state index in [1.54, 1.807) is 0 Å². The van der Waals surface area contributed by atoms with Crippen molar-refractivity contribution in [3.8, 4) is 0 Å². The Morgan fingerprint density at radius 3 is 1.48 bits per heavy atom. The van der Waals surface area contributed by atoms with Crippen LogP contribution in [0.25, 0.3) is 0 Å². The molecule has 0 aromatic carbocycles. The molecule has 0 spiro atoms. The van der Waals surface area contributed by atoms with E-state index < -0.39 is 0 Å². The van der Waals surface area contributed by atoms with Gasteiger partial charge in [-0.2, -0.15) is 9.13 Å². The molecule has 0 saturated heterocycles. The second kappa shape index (κ2) is 12.6. The number of pyridine rings is 2. The van der Waals surface area contributed by atoms with E-state index in [4.69, 9.17) is 19.9 Å². The number of hydrogen-bond acceptors (Lipinski definition) is 6. The molecule has 2 heterocycles. The Bertz CT molecular complexity index is 718. The Kier molecular flexibility index (Phi) is 10.2. The lowest BCUT2D eigenvalue weighted by Gasteiger charge is -2.28. The van der Waals surface area contributed by atoms with E-state index in [0.717, 1.165) is 21.8 Å². The number of hydrogen-bond donors (Lipinski definition) is 2. The van der Waals surface area contributed by atoms with Crippen molar-refractivity contribution in [1.29, 1.82) is 0 Å². The van der Waals surface area contributed by atoms with Crippen LogP contribution in [0.15, 0.2) is 59.4 Å². The molecular weight excluding hydrogens is 508 g/mol. The highest BCUT2D eigenvalue weighted by Gasteiger charge is 2.30. The Morgan fingerprint density at radius 1 is 0.793 bits per heavy atom. The van der Waals surface area contributed by atoms with E-state index in [-0.39, 0.29) is 5.41 Å². The fraction of sp³-hybridized carbons (Fsp3) is 0.368. The number of nitrogens with zero attached hydrogens (tertiary/aromatic N) is 4. The molecule has 156 valence electrons. The maximum Gasteiger partial charge on any atom is 0.252 e. The summed E-state index contributed by atoms with van der Waals surface area (Å²) in [6.07, 6.45) is 10.2. The molecule has 8 nitrogen and oxygen atoms in total. The first kappa shape index (κ1) is 23.4. The molecule has 0 radical (unpaired) electrons. The summed E-state index contributed by atoms with van der Waals surface area (Å²) in [6, 6.07) is 7.35. The Hall–Kier alpha value is -1.88. The van der Waals surface area contributed by atoms with Crippen LogP contribution in [0, 0.1) is 5.41 Å². The number of halogens is 2. The van der Waals surface area contributed by atoms with Crippen LogP contribution in [-0.4, -0.2) is 46.7 Å². The third kappa shape index (κ3) is 7.81. The summed E-state index contributed by atoms with van der Waals surface area (Å²) < 4.78 is 15.6. The first-order valence-corrected chi connectivity index (χ1v) is 11.0. The summed E-state index contributed by atoms with van der Waals surface area (Å²) in [4.78, 5) is 0. The van der Waals surface area contributed by atoms with Crippen molar-refractivity contribution >= 4 is 44.3 Å². The maximum absolute atomic E-state index is 8.55. The Balaban J connectivity index is 1.83. The average Bonchev–Trinajstić information content (AvgIpc) is 2.75. The number of alkyl halides is 2. The van der Waals surface area contributed by atoms with Gasteiger partial charge in [0.1, 0.15) is 0 Å². The van der Waals surface area contributed by atoms with Gasteiger partial charge in [0, 0.05) is 51.5 Å². The molecule has 2 aromatic rings. The van der Waals surface area contributed by atoms with E-state index in [9.17, 15) is 0 Å². The molecule has 0 aliphatic rings. The van der Waals surface area contributed by atoms with Crippen molar-refractivity contribution in [1.82, 2.24) is 0 Å². The fourth-order valence-electron chi connectivity index (χ4n) is 2.38. The van der Waals surface area contributed by atoms with Crippen molar-refractivity contribution < 1.29 is 29.0 Å². The van der Waals surface area contributed by atoms with Crippen LogP contribution in [0.5, 0.6) is 0 Å². The van der Waals surface area contributed by atoms with E-state index in [2.05, 4.69) is 42.2 Å². The minimum absolute atomic E-state index is 0.214. The lowest BCUT2D eigenvalue weighted by molar-refractivity contribution is -0.735. The molecule has 0 aliphatic heterocycles. The molecule has 10 heteroatoms. The maximum atomic E-state index is 8.55. The first-order chi connectivity index (χ1) is 14.1. The lowest BCUT2D eigenvalue weighted by Crippen LogP contribution is -2.42. The zero-order valence-corrected chi connectivity index (χ0v) is 18.9. The predicted octanol–water partition coefficient (Wildman–Crippen LogP) is 2.30. The second-order valence-corrected chi connectivity index (χ2v) is 7.62. The lowest BCUT2D eigenvalue weighted by atomic mass is 9.96. The normalized spacial score (nSPS) is 12.2. The smallest absolute Gasteiger partial charge is 0.252 e. The van der Waals surface area contributed by atoms with Gasteiger partial charge in [0.25, 0.3) is 13.5 Å². The fourth-order valence-corrected chi connectivity index (χ4v) is 3.96. The summed E-state index contributed by atoms with van der Waals surface area (Å²) in [6.45, 7) is 1.82. The SMILES string of the molecule is O/N=C\c1cc[n+](COCC(CBr)(CBr)COC[n+]2ccc(/C=N\O)cc2)cc1. The third-order valence-electron chi connectivity index (χ3n) is 4.11. The number of ether oxygens (including phenoxy) is 2. The minimum Gasteiger partial charge on any atom is -0.411 e. The van der Waals surface area contributed by atoms with Gasteiger partial charge in [-0.1, -0.05) is 42.2 Å². The van der Waals surface area contributed by atoms with Crippen LogP contribution in [-0.2, 0) is 22.9 Å². The van der Waals surface area contributed by atoms with Gasteiger partial charge in [-0.05, 0) is 0 Å². The van der Waals surface area contributed by atoms with Crippen molar-refractivity contribution in [2.45, 2.75) is 13.5 Å². The van der Waals surface area contributed by atoms with Gasteiger partial charge < -0.3 is 19.9 Å². The molecule has 0 atom stereocenters. The molecule has 0 bridgehead atoms. The van der Waals surface area contributed by atoms with E-state index in [0.29, 0.717) is 26.7 Å². The van der Waals surface area contributed by atoms with Crippen molar-refractivity contribution in [3.63, 3.8) is 0 Å². The van der Waals surface area contributed by atoms with Gasteiger partial charge in [-0.15, -0.1) is 0 Å². The summed E-state index contributed by atoms with van der Waals surface area (Å²) >= 11 is 7.16. The van der Waals surface area contributed by atoms with Gasteiger partial charge in [0.05, 0.1) is 25.6 Å². The third-order valence-corrected chi connectivity index (χ3v) is 6.49. The quantitative estimate of drug-likeness (QED) is 0.144. The first-order valence-electron chi connectivity index (χ1n) is 8.75. The summed E-state index contributed by atoms with van der Waals surface area (Å²) in [5.41, 5.74) is 1.40. The molecule has 2 aromatic heterocycles. The molecule has 0 amide bonds. The largest absolute Gasteiger partial charge is 0.411 e. The molecule has 0 fully saturated rings. The monoisotopic (exact) mass is 530 g/mol. The van der Waals surface area contributed by atoms with Crippen LogP contribution in [0.3, 0.4) is 0 Å². The van der Waals surface area contributed by atoms with E-state index >= 15 is 0 Å². The summed E-state index contributed by atoms with van der Waals surface area (Å²) in [5, 5.41) is 24.6. The van der Waals surface area contributed by atoms with Crippen molar-refractivity contribution in [3.05, 3.63) is 60.2 Å². The Labute approximate surface area is 186 Å². The number of oxime groups is 2. The van der Waals surface area contributed by atoms with Crippen molar-refractivity contribution in [2.75, 3.05) is 23.9 Å². The molecular formula is C19H24Br2N4O4+2. The van der Waals surface area contributed by atoms with Crippen molar-refractivity contribution in [2.24, 2.45) is 15.7 Å². The topological polar surface area (TPSA) is 91.4 Å². The van der Waals surface area contributed by atoms with Crippen LogP contribution < -0.4 is 9.13 Å². The van der Waals surface area contributed by atoms with E-state index in [1.165, 1.54) is 12.4 Å². The zero-order chi connectivity index (χ0) is 21.0. The highest BCUT2D eigenvalue weighted by molar-refractivity contribution is 9.09. The van der Waals surface area contributed by atoms with Gasteiger partial charge in [-0.3, -0.25) is 0 Å². The van der Waals surface area contributed by atoms with E-state index in [1.807, 2.05) is 58.2 Å². The zero-order valence-electron chi connectivity index (χ0n) is 15.8. The molecule has 0 aliphatic carbocycles. The molecule has 0 saturated carbocycles. The molecule has 0 unspecified atom stereocenters. The Morgan fingerprint density at radius 2 is 1.17 bits per heavy atom. The average molecular weight is 532 g/mol. The second-order valence-electron chi connectivity index (χ2n) is 6.50. The number of rotatable bonds is 12. The van der Waals surface area contributed by atoms with Gasteiger partial charge in [0.15, 0.2) is 24.8 Å². The van der Waals surface area contributed by atoms with Crippen LogP contribution >= 0.6 is 31.9 Å². The van der Waals surface area contributed by atoms with Gasteiger partial charge in [-0.25, -0.2) is 0 Å². The summed E-state index contributed by atoms with van der Waals surface area (Å²) in [5.74, 6) is 0. The highest BCUT2D eigenvalue weighted by atomic mass is 79.9. The van der Waals surface area contributed by atoms with Gasteiger partial charge >= 0.3 is 0 Å². The van der Waals surface area contributed by atoms with Gasteiger partial charge in [0.2, 0.25) is 0 Å². The van der Waals surface area contributed by atoms with Crippen LogP contribution in [0.2, 0.25) is 0 Å². The predicted molar refractivity (Wildman–Crippen MR) is 114 cm³/mol. The highest BCUT2D eigenvalue weighted by Crippen LogP contribution is 2.24. The number of aromatic nitrogens is 2. The minimum atomic E-state index is -0.214. The van der Waals surface area contributed by atoms with Crippen LogP contribution in [0.1, 0.15) is 11.1 Å².